The maximum atomic E-state index is 13.1. The fourth-order valence-corrected chi connectivity index (χ4v) is 2.67. The molecule has 7 heteroatoms. The molecule has 6 nitrogen and oxygen atoms in total. The van der Waals surface area contributed by atoms with E-state index in [4.69, 9.17) is 5.26 Å². The number of nitrogens with one attached hydrogen (secondary N) is 1. The number of benzene rings is 1. The Morgan fingerprint density at radius 2 is 2.38 bits per heavy atom. The highest BCUT2D eigenvalue weighted by molar-refractivity contribution is 5.38. The van der Waals surface area contributed by atoms with Crippen LogP contribution in [0.25, 0.3) is 0 Å². The van der Waals surface area contributed by atoms with Crippen LogP contribution in [0.1, 0.15) is 23.2 Å². The molecular weight excluding hydrogens is 273 g/mol. The summed E-state index contributed by atoms with van der Waals surface area (Å²) in [6.07, 6.45) is 2.06. The summed E-state index contributed by atoms with van der Waals surface area (Å²) in [5, 5.41) is 29.8. The van der Waals surface area contributed by atoms with Crippen LogP contribution in [0.5, 0.6) is 0 Å². The molecule has 2 N–H and O–H groups in total. The van der Waals surface area contributed by atoms with Crippen LogP contribution in [0.4, 0.5) is 4.39 Å². The second-order valence-corrected chi connectivity index (χ2v) is 5.26. The first-order chi connectivity index (χ1) is 10.1. The van der Waals surface area contributed by atoms with Gasteiger partial charge in [-0.05, 0) is 24.1 Å². The second kappa shape index (κ2) is 5.24. The summed E-state index contributed by atoms with van der Waals surface area (Å²) in [4.78, 5) is 2.02. The minimum absolute atomic E-state index is 0.326. The lowest BCUT2D eigenvalue weighted by atomic mass is 10.00. The third-order valence-electron chi connectivity index (χ3n) is 3.80. The normalized spacial score (nSPS) is 22.3. The van der Waals surface area contributed by atoms with Gasteiger partial charge in [0, 0.05) is 19.6 Å². The number of aliphatic hydroxyl groups is 1. The van der Waals surface area contributed by atoms with Gasteiger partial charge < -0.3 is 5.11 Å². The smallest absolute Gasteiger partial charge is 0.124 e. The van der Waals surface area contributed by atoms with E-state index in [1.807, 2.05) is 11.0 Å². The molecule has 1 aliphatic heterocycles. The van der Waals surface area contributed by atoms with Gasteiger partial charge in [-0.3, -0.25) is 4.90 Å². The molecule has 2 heterocycles. The van der Waals surface area contributed by atoms with Crippen molar-refractivity contribution in [1.29, 1.82) is 5.26 Å². The predicted octanol–water partition coefficient (Wildman–Crippen LogP) is 0.909. The van der Waals surface area contributed by atoms with E-state index in [9.17, 15) is 9.50 Å². The number of aromatic amines is 1. The quantitative estimate of drug-likeness (QED) is 0.876. The standard InChI is InChI=1S/C14H14FN5O/c15-12-2-1-10(11(5-12)6-16)8-20-4-3-14(21,9-20)13-7-17-19-18-13/h1-2,5,7,21H,3-4,8-9H2,(H,17,18,19)/t14-/m0/s1. The van der Waals surface area contributed by atoms with E-state index in [1.54, 1.807) is 6.07 Å². The molecule has 1 fully saturated rings. The van der Waals surface area contributed by atoms with Crippen LogP contribution in [0, 0.1) is 17.1 Å². The van der Waals surface area contributed by atoms with E-state index in [-0.39, 0.29) is 0 Å². The molecule has 0 unspecified atom stereocenters. The highest BCUT2D eigenvalue weighted by Crippen LogP contribution is 2.31. The summed E-state index contributed by atoms with van der Waals surface area (Å²) in [7, 11) is 0. The Labute approximate surface area is 120 Å². The molecule has 108 valence electrons. The van der Waals surface area contributed by atoms with Crippen molar-refractivity contribution >= 4 is 0 Å². The van der Waals surface area contributed by atoms with Gasteiger partial charge in [-0.15, -0.1) is 0 Å². The molecule has 1 aromatic heterocycles. The molecule has 0 radical (unpaired) electrons. The average molecular weight is 287 g/mol. The lowest BCUT2D eigenvalue weighted by Crippen LogP contribution is -2.31. The summed E-state index contributed by atoms with van der Waals surface area (Å²) in [6, 6.07) is 6.19. The summed E-state index contributed by atoms with van der Waals surface area (Å²) in [5.41, 5.74) is 0.569. The van der Waals surface area contributed by atoms with Crippen LogP contribution in [0.3, 0.4) is 0 Å². The van der Waals surface area contributed by atoms with Gasteiger partial charge in [0.1, 0.15) is 17.1 Å². The molecule has 0 spiro atoms. The molecule has 1 aliphatic rings. The lowest BCUT2D eigenvalue weighted by molar-refractivity contribution is 0.0408. The van der Waals surface area contributed by atoms with Gasteiger partial charge in [0.15, 0.2) is 0 Å². The minimum Gasteiger partial charge on any atom is -0.382 e. The largest absolute Gasteiger partial charge is 0.382 e. The minimum atomic E-state index is -1.03. The van der Waals surface area contributed by atoms with Gasteiger partial charge in [-0.2, -0.15) is 20.7 Å². The monoisotopic (exact) mass is 287 g/mol. The number of nitriles is 1. The van der Waals surface area contributed by atoms with Gasteiger partial charge in [0.05, 0.1) is 17.8 Å². The summed E-state index contributed by atoms with van der Waals surface area (Å²) in [6.45, 7) is 1.57. The molecule has 0 saturated carbocycles. The molecule has 0 amide bonds. The number of H-pyrrole nitrogens is 1. The Morgan fingerprint density at radius 1 is 1.52 bits per heavy atom. The SMILES string of the molecule is N#Cc1cc(F)ccc1CN1CC[C@@](O)(c2cn[nH]n2)C1. The molecular formula is C14H14FN5O. The van der Waals surface area contributed by atoms with Gasteiger partial charge in [-0.25, -0.2) is 4.39 Å². The summed E-state index contributed by atoms with van der Waals surface area (Å²) in [5.74, 6) is -0.421. The van der Waals surface area contributed by atoms with Crippen molar-refractivity contribution in [2.75, 3.05) is 13.1 Å². The summed E-state index contributed by atoms with van der Waals surface area (Å²) >= 11 is 0. The predicted molar refractivity (Wildman–Crippen MR) is 71.3 cm³/mol. The van der Waals surface area contributed by atoms with Crippen molar-refractivity contribution in [3.05, 3.63) is 47.0 Å². The number of halogens is 1. The van der Waals surface area contributed by atoms with Crippen LogP contribution >= 0.6 is 0 Å². The Morgan fingerprint density at radius 3 is 3.10 bits per heavy atom. The lowest BCUT2D eigenvalue weighted by Gasteiger charge is -2.21. The Hall–Kier alpha value is -2.30. The number of aromatic nitrogens is 3. The van der Waals surface area contributed by atoms with Crippen molar-refractivity contribution in [2.45, 2.75) is 18.6 Å². The van der Waals surface area contributed by atoms with Crippen LogP contribution < -0.4 is 0 Å². The van der Waals surface area contributed by atoms with Crippen LogP contribution in [-0.2, 0) is 12.1 Å². The van der Waals surface area contributed by atoms with Crippen molar-refractivity contribution in [3.63, 3.8) is 0 Å². The van der Waals surface area contributed by atoms with Crippen molar-refractivity contribution in [2.24, 2.45) is 0 Å². The highest BCUT2D eigenvalue weighted by atomic mass is 19.1. The van der Waals surface area contributed by atoms with E-state index < -0.39 is 11.4 Å². The van der Waals surface area contributed by atoms with E-state index >= 15 is 0 Å². The average Bonchev–Trinajstić information content (AvgIpc) is 3.11. The fourth-order valence-electron chi connectivity index (χ4n) is 2.67. The second-order valence-electron chi connectivity index (χ2n) is 5.26. The first-order valence-corrected chi connectivity index (χ1v) is 6.60. The van der Waals surface area contributed by atoms with Crippen molar-refractivity contribution < 1.29 is 9.50 Å². The number of rotatable bonds is 3. The Bertz CT molecular complexity index is 681. The molecule has 1 atom stereocenters. The number of hydrogen-bond donors (Lipinski definition) is 2. The fraction of sp³-hybridized carbons (Fsp3) is 0.357. The molecule has 2 aromatic rings. The number of β-amino-alcohol motifs (C(OH)–C–C–N with tert-alkyl or cyclic N) is 1. The van der Waals surface area contributed by atoms with Crippen LogP contribution in [-0.4, -0.2) is 38.5 Å². The van der Waals surface area contributed by atoms with Gasteiger partial charge >= 0.3 is 0 Å². The van der Waals surface area contributed by atoms with E-state index in [1.165, 1.54) is 18.3 Å². The topological polar surface area (TPSA) is 88.8 Å². The zero-order chi connectivity index (χ0) is 14.9. The first kappa shape index (κ1) is 13.7. The van der Waals surface area contributed by atoms with Crippen LogP contribution in [0.15, 0.2) is 24.4 Å². The third-order valence-corrected chi connectivity index (χ3v) is 3.80. The van der Waals surface area contributed by atoms with Gasteiger partial charge in [0.2, 0.25) is 0 Å². The molecule has 0 bridgehead atoms. The number of likely N-dealkylation sites (tertiary alicyclic amines) is 1. The third kappa shape index (κ3) is 2.63. The Kier molecular flexibility index (Phi) is 3.41. The maximum Gasteiger partial charge on any atom is 0.124 e. The van der Waals surface area contributed by atoms with Gasteiger partial charge in [-0.1, -0.05) is 6.07 Å². The van der Waals surface area contributed by atoms with E-state index in [0.717, 1.165) is 5.56 Å². The van der Waals surface area contributed by atoms with Crippen molar-refractivity contribution in [1.82, 2.24) is 20.3 Å². The number of nitrogens with zero attached hydrogens (tertiary/aromatic N) is 4. The first-order valence-electron chi connectivity index (χ1n) is 6.60. The zero-order valence-electron chi connectivity index (χ0n) is 11.3. The molecule has 3 rings (SSSR count). The maximum absolute atomic E-state index is 13.1. The van der Waals surface area contributed by atoms with Crippen LogP contribution in [0.2, 0.25) is 0 Å². The molecule has 21 heavy (non-hydrogen) atoms. The van der Waals surface area contributed by atoms with Crippen molar-refractivity contribution in [3.8, 4) is 6.07 Å². The summed E-state index contributed by atoms with van der Waals surface area (Å²) < 4.78 is 13.1. The molecule has 1 aromatic carbocycles. The number of hydrogen-bond acceptors (Lipinski definition) is 5. The highest BCUT2D eigenvalue weighted by Gasteiger charge is 2.39. The molecule has 0 aliphatic carbocycles. The Balaban J connectivity index is 1.75. The van der Waals surface area contributed by atoms with Gasteiger partial charge in [0.25, 0.3) is 0 Å². The van der Waals surface area contributed by atoms with E-state index in [2.05, 4.69) is 15.4 Å². The molecule has 1 saturated heterocycles. The van der Waals surface area contributed by atoms with E-state index in [0.29, 0.717) is 37.3 Å². The zero-order valence-corrected chi connectivity index (χ0v) is 11.3.